The van der Waals surface area contributed by atoms with Crippen molar-refractivity contribution in [2.45, 2.75) is 81.6 Å². The van der Waals surface area contributed by atoms with Gasteiger partial charge in [0.1, 0.15) is 0 Å². The Hall–Kier alpha value is -0.420. The zero-order valence-corrected chi connectivity index (χ0v) is 20.8. The quantitative estimate of drug-likeness (QED) is 0.318. The minimum atomic E-state index is -0.196. The van der Waals surface area contributed by atoms with E-state index in [-0.39, 0.29) is 26.9 Å². The number of hydrogen-bond acceptors (Lipinski definition) is 2. The summed E-state index contributed by atoms with van der Waals surface area (Å²) in [4.78, 5) is 11.9. The number of rotatable bonds is 4. The summed E-state index contributed by atoms with van der Waals surface area (Å²) in [6.45, 7) is 19.3. The predicted octanol–water partition coefficient (Wildman–Crippen LogP) is 7.89. The lowest BCUT2D eigenvalue weighted by molar-refractivity contribution is -0.386. The molecule has 26 heavy (non-hydrogen) atoms. The average molecular weight is 491 g/mol. The molecule has 0 fully saturated rings. The van der Waals surface area contributed by atoms with Crippen LogP contribution in [0.4, 0.5) is 5.69 Å². The van der Waals surface area contributed by atoms with Crippen LogP contribution in [0.15, 0.2) is 8.95 Å². The van der Waals surface area contributed by atoms with Crippen molar-refractivity contribution in [2.24, 2.45) is 16.2 Å². The van der Waals surface area contributed by atoms with Gasteiger partial charge >= 0.3 is 0 Å². The first-order valence-electron chi connectivity index (χ1n) is 9.09. The molecular formula is C21H33Br2NO2. The summed E-state index contributed by atoms with van der Waals surface area (Å²) in [6, 6.07) is 0. The minimum absolute atomic E-state index is 0.0425. The molecule has 5 heteroatoms. The maximum Gasteiger partial charge on any atom is 0.278 e. The van der Waals surface area contributed by atoms with E-state index in [0.29, 0.717) is 12.8 Å². The lowest BCUT2D eigenvalue weighted by atomic mass is 9.80. The number of benzene rings is 1. The van der Waals surface area contributed by atoms with Crippen LogP contribution in [0.1, 0.15) is 79.0 Å². The number of nitro benzene ring substituents is 1. The van der Waals surface area contributed by atoms with E-state index in [0.717, 1.165) is 32.1 Å². The van der Waals surface area contributed by atoms with E-state index in [9.17, 15) is 10.1 Å². The van der Waals surface area contributed by atoms with Crippen molar-refractivity contribution in [2.75, 3.05) is 0 Å². The van der Waals surface area contributed by atoms with Crippen molar-refractivity contribution in [3.63, 3.8) is 0 Å². The Balaban J connectivity index is 3.88. The Labute approximate surface area is 175 Å². The number of halogens is 2. The van der Waals surface area contributed by atoms with Crippen molar-refractivity contribution in [1.29, 1.82) is 0 Å². The fraction of sp³-hybridized carbons (Fsp3) is 0.714. The fourth-order valence-corrected chi connectivity index (χ4v) is 4.74. The lowest BCUT2D eigenvalue weighted by Gasteiger charge is -2.27. The summed E-state index contributed by atoms with van der Waals surface area (Å²) in [7, 11) is 0. The summed E-state index contributed by atoms with van der Waals surface area (Å²) < 4.78 is 1.78. The molecule has 1 aromatic rings. The van der Waals surface area contributed by atoms with Gasteiger partial charge in [-0.05, 0) is 72.9 Å². The molecule has 0 atom stereocenters. The van der Waals surface area contributed by atoms with E-state index in [1.807, 2.05) is 0 Å². The van der Waals surface area contributed by atoms with Gasteiger partial charge in [0.05, 0.1) is 4.92 Å². The zero-order valence-electron chi connectivity index (χ0n) is 17.6. The molecule has 0 radical (unpaired) electrons. The van der Waals surface area contributed by atoms with E-state index in [1.165, 1.54) is 0 Å². The minimum Gasteiger partial charge on any atom is -0.258 e. The van der Waals surface area contributed by atoms with E-state index < -0.39 is 0 Å². The van der Waals surface area contributed by atoms with Crippen LogP contribution < -0.4 is 0 Å². The third-order valence-corrected chi connectivity index (χ3v) is 5.85. The SMILES string of the molecule is CC(C)(C)Cc1c(Br)c(CC(C)(C)C)c([N+](=O)[O-])c(CC(C)(C)C)c1Br. The highest BCUT2D eigenvalue weighted by molar-refractivity contribution is 9.11. The Bertz CT molecular complexity index is 647. The molecule has 0 saturated heterocycles. The van der Waals surface area contributed by atoms with Gasteiger partial charge in [0, 0.05) is 20.1 Å². The molecule has 0 bridgehead atoms. The first kappa shape index (κ1) is 23.6. The molecule has 0 N–H and O–H groups in total. The van der Waals surface area contributed by atoms with E-state index in [2.05, 4.69) is 94.2 Å². The predicted molar refractivity (Wildman–Crippen MR) is 118 cm³/mol. The molecule has 0 heterocycles. The Morgan fingerprint density at radius 3 is 1.19 bits per heavy atom. The molecule has 0 aliphatic heterocycles. The second-order valence-electron chi connectivity index (χ2n) is 10.9. The molecule has 0 spiro atoms. The fourth-order valence-electron chi connectivity index (χ4n) is 3.14. The second-order valence-corrected chi connectivity index (χ2v) is 12.5. The third-order valence-electron chi connectivity index (χ3n) is 3.94. The molecule has 1 aromatic carbocycles. The van der Waals surface area contributed by atoms with Crippen molar-refractivity contribution in [3.05, 3.63) is 35.8 Å². The van der Waals surface area contributed by atoms with Crippen molar-refractivity contribution < 1.29 is 4.92 Å². The van der Waals surface area contributed by atoms with Gasteiger partial charge in [0.25, 0.3) is 5.69 Å². The smallest absolute Gasteiger partial charge is 0.258 e. The van der Waals surface area contributed by atoms with Gasteiger partial charge in [0.15, 0.2) is 0 Å². The first-order valence-corrected chi connectivity index (χ1v) is 10.7. The van der Waals surface area contributed by atoms with Crippen LogP contribution in [0.2, 0.25) is 0 Å². The van der Waals surface area contributed by atoms with Crippen LogP contribution in [-0.4, -0.2) is 4.92 Å². The summed E-state index contributed by atoms with van der Waals surface area (Å²) >= 11 is 7.47. The molecule has 3 nitrogen and oxygen atoms in total. The maximum atomic E-state index is 12.1. The Kier molecular flexibility index (Phi) is 7.18. The van der Waals surface area contributed by atoms with Crippen LogP contribution in [0, 0.1) is 26.4 Å². The normalized spacial score (nSPS) is 13.2. The number of nitrogens with zero attached hydrogens (tertiary/aromatic N) is 1. The van der Waals surface area contributed by atoms with Gasteiger partial charge in [-0.1, -0.05) is 62.3 Å². The summed E-state index contributed by atoms with van der Waals surface area (Å²) in [5, 5.41) is 12.1. The monoisotopic (exact) mass is 489 g/mol. The highest BCUT2D eigenvalue weighted by Gasteiger charge is 2.33. The highest BCUT2D eigenvalue weighted by Crippen LogP contribution is 2.46. The summed E-state index contributed by atoms with van der Waals surface area (Å²) in [5.41, 5.74) is 3.05. The molecule has 148 valence electrons. The van der Waals surface area contributed by atoms with E-state index in [4.69, 9.17) is 0 Å². The molecular weight excluding hydrogens is 458 g/mol. The molecule has 0 amide bonds. The molecule has 1 rings (SSSR count). The molecule has 0 unspecified atom stereocenters. The zero-order chi connectivity index (χ0) is 20.7. The largest absolute Gasteiger partial charge is 0.278 e. The van der Waals surface area contributed by atoms with Gasteiger partial charge in [-0.3, -0.25) is 10.1 Å². The van der Waals surface area contributed by atoms with Gasteiger partial charge in [-0.2, -0.15) is 0 Å². The van der Waals surface area contributed by atoms with Gasteiger partial charge in [-0.25, -0.2) is 0 Å². The molecule has 0 saturated carbocycles. The van der Waals surface area contributed by atoms with Crippen LogP contribution in [0.3, 0.4) is 0 Å². The first-order chi connectivity index (χ1) is 11.4. The van der Waals surface area contributed by atoms with Crippen LogP contribution in [0.25, 0.3) is 0 Å². The van der Waals surface area contributed by atoms with E-state index >= 15 is 0 Å². The Morgan fingerprint density at radius 1 is 0.692 bits per heavy atom. The number of nitro groups is 1. The number of hydrogen-bond donors (Lipinski definition) is 0. The lowest BCUT2D eigenvalue weighted by Crippen LogP contribution is -2.19. The average Bonchev–Trinajstić information content (AvgIpc) is 2.35. The van der Waals surface area contributed by atoms with Crippen molar-refractivity contribution >= 4 is 37.5 Å². The Morgan fingerprint density at radius 2 is 0.962 bits per heavy atom. The van der Waals surface area contributed by atoms with Crippen LogP contribution >= 0.6 is 31.9 Å². The molecule has 0 aromatic heterocycles. The summed E-state index contributed by atoms with van der Waals surface area (Å²) in [5.74, 6) is 0. The van der Waals surface area contributed by atoms with Crippen LogP contribution in [-0.2, 0) is 19.3 Å². The van der Waals surface area contributed by atoms with E-state index in [1.54, 1.807) is 0 Å². The second kappa shape index (κ2) is 7.90. The standard InChI is InChI=1S/C21H33Br2NO2/c1-19(2,3)10-13-16(22)14(11-20(4,5)6)18(24(25)26)15(17(13)23)12-21(7,8)9/h10-12H2,1-9H3. The molecule has 0 aliphatic rings. The van der Waals surface area contributed by atoms with Gasteiger partial charge in [-0.15, -0.1) is 0 Å². The summed E-state index contributed by atoms with van der Waals surface area (Å²) in [6.07, 6.45) is 2.16. The third kappa shape index (κ3) is 6.63. The topological polar surface area (TPSA) is 43.1 Å². The van der Waals surface area contributed by atoms with Gasteiger partial charge in [0.2, 0.25) is 0 Å². The maximum absolute atomic E-state index is 12.1. The van der Waals surface area contributed by atoms with Crippen molar-refractivity contribution in [1.82, 2.24) is 0 Å². The van der Waals surface area contributed by atoms with Crippen LogP contribution in [0.5, 0.6) is 0 Å². The highest BCUT2D eigenvalue weighted by atomic mass is 79.9. The molecule has 0 aliphatic carbocycles. The van der Waals surface area contributed by atoms with Gasteiger partial charge < -0.3 is 0 Å². The van der Waals surface area contributed by atoms with Crippen molar-refractivity contribution in [3.8, 4) is 0 Å².